The molecule has 0 saturated heterocycles. The van der Waals surface area contributed by atoms with Gasteiger partial charge in [0.1, 0.15) is 18.1 Å². The number of hydrogen-bond acceptors (Lipinski definition) is 4. The van der Waals surface area contributed by atoms with E-state index in [9.17, 15) is 4.79 Å². The van der Waals surface area contributed by atoms with Crippen LogP contribution in [0.4, 0.5) is 4.79 Å². The van der Waals surface area contributed by atoms with Crippen LogP contribution >= 0.6 is 0 Å². The second kappa shape index (κ2) is 4.80. The van der Waals surface area contributed by atoms with Crippen molar-refractivity contribution in [2.24, 2.45) is 0 Å². The summed E-state index contributed by atoms with van der Waals surface area (Å²) in [5.41, 5.74) is 1.14. The van der Waals surface area contributed by atoms with Gasteiger partial charge in [-0.25, -0.2) is 4.79 Å². The topological polar surface area (TPSA) is 49.7 Å². The second-order valence-corrected chi connectivity index (χ2v) is 6.39. The highest BCUT2D eigenvalue weighted by atomic mass is 16.7. The molecule has 0 N–H and O–H groups in total. The van der Waals surface area contributed by atoms with Crippen LogP contribution in [0.25, 0.3) is 10.9 Å². The molecule has 5 nitrogen and oxygen atoms in total. The van der Waals surface area contributed by atoms with E-state index in [1.165, 1.54) is 17.1 Å². The molecule has 1 aromatic heterocycles. The third kappa shape index (κ3) is 2.54. The Balaban J connectivity index is 1.95. The zero-order valence-corrected chi connectivity index (χ0v) is 13.1. The molecule has 0 unspecified atom stereocenters. The average molecular weight is 301 g/mol. The van der Waals surface area contributed by atoms with Crippen LogP contribution in [0.15, 0.2) is 43.0 Å². The lowest BCUT2D eigenvalue weighted by Gasteiger charge is -2.23. The van der Waals surface area contributed by atoms with Gasteiger partial charge in [-0.15, -0.1) is 0 Å². The third-order valence-corrected chi connectivity index (χ3v) is 3.45. The fraction of sp³-hybridized carbons (Fsp3) is 0.353. The molecule has 0 amide bonds. The number of rotatable bonds is 1. The van der Waals surface area contributed by atoms with Gasteiger partial charge >= 0.3 is 6.09 Å². The van der Waals surface area contributed by atoms with E-state index in [2.05, 4.69) is 0 Å². The number of fused-ring (bicyclic) bond motifs is 1. The fourth-order valence-electron chi connectivity index (χ4n) is 2.37. The van der Waals surface area contributed by atoms with Gasteiger partial charge < -0.3 is 14.2 Å². The first-order valence-corrected chi connectivity index (χ1v) is 7.14. The maximum atomic E-state index is 12.2. The van der Waals surface area contributed by atoms with Crippen LogP contribution in [0.3, 0.4) is 0 Å². The summed E-state index contributed by atoms with van der Waals surface area (Å²) in [5.74, 6) is -0.817. The number of carbonyl (C=O) groups is 1. The summed E-state index contributed by atoms with van der Waals surface area (Å²) >= 11 is 0. The van der Waals surface area contributed by atoms with Gasteiger partial charge in [0.25, 0.3) is 5.79 Å². The van der Waals surface area contributed by atoms with Crippen molar-refractivity contribution in [2.45, 2.75) is 39.1 Å². The van der Waals surface area contributed by atoms with Crippen LogP contribution in [-0.2, 0) is 20.0 Å². The first-order chi connectivity index (χ1) is 10.3. The molecular formula is C17H19NO4. The van der Waals surface area contributed by atoms with Crippen molar-refractivity contribution in [3.8, 4) is 0 Å². The Morgan fingerprint density at radius 1 is 1.18 bits per heavy atom. The largest absolute Gasteiger partial charge is 0.453 e. The zero-order chi connectivity index (χ0) is 16.0. The summed E-state index contributed by atoms with van der Waals surface area (Å²) in [4.78, 5) is 12.2. The molecule has 0 atom stereocenters. The summed E-state index contributed by atoms with van der Waals surface area (Å²) in [7, 11) is 0. The number of carbonyl (C=O) groups excluding carboxylic acids is 1. The minimum atomic E-state index is -0.817. The highest BCUT2D eigenvalue weighted by molar-refractivity contribution is 5.90. The molecule has 1 aliphatic heterocycles. The number of ether oxygens (including phenoxy) is 3. The van der Waals surface area contributed by atoms with E-state index in [4.69, 9.17) is 14.2 Å². The van der Waals surface area contributed by atoms with Crippen molar-refractivity contribution >= 4 is 17.0 Å². The quantitative estimate of drug-likeness (QED) is 0.795. The van der Waals surface area contributed by atoms with E-state index in [0.717, 1.165) is 16.5 Å². The van der Waals surface area contributed by atoms with E-state index >= 15 is 0 Å². The maximum Gasteiger partial charge on any atom is 0.418 e. The number of benzene rings is 1. The Morgan fingerprint density at radius 2 is 1.86 bits per heavy atom. The molecule has 0 aliphatic carbocycles. The molecule has 0 radical (unpaired) electrons. The van der Waals surface area contributed by atoms with Gasteiger partial charge in [0.15, 0.2) is 0 Å². The Hall–Kier alpha value is -2.43. The van der Waals surface area contributed by atoms with E-state index in [1.54, 1.807) is 6.20 Å². The first kappa shape index (κ1) is 14.5. The molecule has 116 valence electrons. The van der Waals surface area contributed by atoms with Crippen molar-refractivity contribution in [2.75, 3.05) is 0 Å². The molecule has 2 heterocycles. The monoisotopic (exact) mass is 301 g/mol. The predicted octanol–water partition coefficient (Wildman–Crippen LogP) is 4.12. The lowest BCUT2D eigenvalue weighted by molar-refractivity contribution is -0.133. The molecule has 1 aromatic carbocycles. The van der Waals surface area contributed by atoms with Crippen molar-refractivity contribution in [3.05, 3.63) is 48.5 Å². The van der Waals surface area contributed by atoms with Gasteiger partial charge in [-0.1, -0.05) is 0 Å². The lowest BCUT2D eigenvalue weighted by atomic mass is 10.1. The van der Waals surface area contributed by atoms with E-state index < -0.39 is 17.5 Å². The van der Waals surface area contributed by atoms with E-state index in [0.29, 0.717) is 0 Å². The second-order valence-electron chi connectivity index (χ2n) is 6.39. The summed E-state index contributed by atoms with van der Waals surface area (Å²) in [6.45, 7) is 7.38. The van der Waals surface area contributed by atoms with Crippen LogP contribution in [0, 0.1) is 0 Å². The Labute approximate surface area is 129 Å². The maximum absolute atomic E-state index is 12.2. The van der Waals surface area contributed by atoms with Gasteiger partial charge in [-0.05, 0) is 45.0 Å². The van der Waals surface area contributed by atoms with Gasteiger partial charge in [0, 0.05) is 24.1 Å². The van der Waals surface area contributed by atoms with Crippen molar-refractivity contribution in [1.82, 2.24) is 4.57 Å². The van der Waals surface area contributed by atoms with E-state index in [-0.39, 0.29) is 0 Å². The SMILES string of the molecule is CC(C)(C)OC(=O)n1ccc2cc(C3(C)OC=CO3)ccc21. The fourth-order valence-corrected chi connectivity index (χ4v) is 2.37. The molecule has 2 aromatic rings. The molecule has 0 fully saturated rings. The highest BCUT2D eigenvalue weighted by Crippen LogP contribution is 2.33. The molecule has 22 heavy (non-hydrogen) atoms. The smallest absolute Gasteiger partial charge is 0.418 e. The lowest BCUT2D eigenvalue weighted by Crippen LogP contribution is -2.26. The predicted molar refractivity (Wildman–Crippen MR) is 82.2 cm³/mol. The zero-order valence-electron chi connectivity index (χ0n) is 13.1. The number of aromatic nitrogens is 1. The Kier molecular flexibility index (Phi) is 3.16. The summed E-state index contributed by atoms with van der Waals surface area (Å²) in [6.07, 6.45) is 4.36. The average Bonchev–Trinajstić information content (AvgIpc) is 3.02. The third-order valence-electron chi connectivity index (χ3n) is 3.45. The Morgan fingerprint density at radius 3 is 2.50 bits per heavy atom. The molecule has 0 saturated carbocycles. The van der Waals surface area contributed by atoms with Crippen LogP contribution in [0.1, 0.15) is 33.3 Å². The van der Waals surface area contributed by atoms with Crippen LogP contribution in [0.2, 0.25) is 0 Å². The molecule has 0 bridgehead atoms. The normalized spacial score (nSPS) is 16.4. The van der Waals surface area contributed by atoms with Gasteiger partial charge in [0.05, 0.1) is 5.52 Å². The first-order valence-electron chi connectivity index (χ1n) is 7.14. The molecule has 0 spiro atoms. The van der Waals surface area contributed by atoms with E-state index in [1.807, 2.05) is 52.0 Å². The minimum Gasteiger partial charge on any atom is -0.453 e. The van der Waals surface area contributed by atoms with Gasteiger partial charge in [-0.2, -0.15) is 0 Å². The van der Waals surface area contributed by atoms with Crippen LogP contribution in [0.5, 0.6) is 0 Å². The van der Waals surface area contributed by atoms with Crippen LogP contribution in [-0.4, -0.2) is 16.3 Å². The molecule has 1 aliphatic rings. The molecular weight excluding hydrogens is 282 g/mol. The molecule has 3 rings (SSSR count). The highest BCUT2D eigenvalue weighted by Gasteiger charge is 2.32. The molecule has 5 heteroatoms. The van der Waals surface area contributed by atoms with Crippen molar-refractivity contribution < 1.29 is 19.0 Å². The number of nitrogens with zero attached hydrogens (tertiary/aromatic N) is 1. The van der Waals surface area contributed by atoms with Crippen LogP contribution < -0.4 is 0 Å². The van der Waals surface area contributed by atoms with Crippen molar-refractivity contribution in [1.29, 1.82) is 0 Å². The van der Waals surface area contributed by atoms with Crippen molar-refractivity contribution in [3.63, 3.8) is 0 Å². The van der Waals surface area contributed by atoms with Gasteiger partial charge in [0.2, 0.25) is 0 Å². The summed E-state index contributed by atoms with van der Waals surface area (Å²) in [5, 5.41) is 0.920. The minimum absolute atomic E-state index is 0.392. The van der Waals surface area contributed by atoms with Gasteiger partial charge in [-0.3, -0.25) is 4.57 Å². The summed E-state index contributed by atoms with van der Waals surface area (Å²) < 4.78 is 17.9. The Bertz CT molecular complexity index is 744. The summed E-state index contributed by atoms with van der Waals surface area (Å²) in [6, 6.07) is 7.57. The standard InChI is InChI=1S/C17H19NO4/c1-16(2,3)22-15(19)18-8-7-12-11-13(5-6-14(12)18)17(4)20-9-10-21-17/h5-11H,1-4H3. The number of hydrogen-bond donors (Lipinski definition) is 0.